The van der Waals surface area contributed by atoms with Crippen molar-refractivity contribution in [1.82, 2.24) is 9.97 Å². The van der Waals surface area contributed by atoms with Crippen LogP contribution < -0.4 is 16.6 Å². The summed E-state index contributed by atoms with van der Waals surface area (Å²) in [5.74, 6) is 7.49. The van der Waals surface area contributed by atoms with E-state index >= 15 is 0 Å². The molecular weight excluding hydrogens is 341 g/mol. The van der Waals surface area contributed by atoms with E-state index in [4.69, 9.17) is 5.84 Å². The maximum absolute atomic E-state index is 5.40. The normalized spacial score (nSPS) is 10.2. The van der Waals surface area contributed by atoms with Crippen molar-refractivity contribution in [2.45, 2.75) is 13.3 Å². The summed E-state index contributed by atoms with van der Waals surface area (Å²) in [5, 5.41) is 3.27. The van der Waals surface area contributed by atoms with E-state index < -0.39 is 0 Å². The highest BCUT2D eigenvalue weighted by Gasteiger charge is 2.04. The van der Waals surface area contributed by atoms with E-state index in [-0.39, 0.29) is 0 Å². The van der Waals surface area contributed by atoms with Crippen molar-refractivity contribution in [1.29, 1.82) is 0 Å². The number of rotatable bonds is 4. The monoisotopic (exact) mass is 355 g/mol. The van der Waals surface area contributed by atoms with Gasteiger partial charge in [-0.1, -0.05) is 19.1 Å². The molecule has 0 fully saturated rings. The Bertz CT molecular complexity index is 521. The first kappa shape index (κ1) is 13.0. The molecule has 0 atom stereocenters. The van der Waals surface area contributed by atoms with Crippen molar-refractivity contribution in [2.24, 2.45) is 5.84 Å². The highest BCUT2D eigenvalue weighted by molar-refractivity contribution is 14.1. The largest absolute Gasteiger partial charge is 0.339 e. The fourth-order valence-corrected chi connectivity index (χ4v) is 2.02. The first-order chi connectivity index (χ1) is 8.72. The molecule has 1 heterocycles. The molecule has 0 spiro atoms. The highest BCUT2D eigenvalue weighted by Crippen LogP contribution is 2.22. The number of benzene rings is 1. The minimum absolute atomic E-state index is 0.607. The lowest BCUT2D eigenvalue weighted by atomic mass is 10.3. The van der Waals surface area contributed by atoms with Crippen molar-refractivity contribution < 1.29 is 0 Å². The molecule has 0 unspecified atom stereocenters. The summed E-state index contributed by atoms with van der Waals surface area (Å²) in [6.45, 7) is 2.01. The summed E-state index contributed by atoms with van der Waals surface area (Å²) in [7, 11) is 0. The van der Waals surface area contributed by atoms with Gasteiger partial charge in [0.2, 0.25) is 0 Å². The Morgan fingerprint density at radius 3 is 2.61 bits per heavy atom. The van der Waals surface area contributed by atoms with Crippen molar-refractivity contribution >= 4 is 39.9 Å². The summed E-state index contributed by atoms with van der Waals surface area (Å²) in [6, 6.07) is 9.80. The Balaban J connectivity index is 2.31. The molecule has 0 bridgehead atoms. The van der Waals surface area contributed by atoms with Crippen molar-refractivity contribution in [3.05, 3.63) is 39.7 Å². The quantitative estimate of drug-likeness (QED) is 0.447. The van der Waals surface area contributed by atoms with Crippen LogP contribution in [0.15, 0.2) is 30.3 Å². The van der Waals surface area contributed by atoms with Gasteiger partial charge in [0.05, 0.1) is 5.69 Å². The molecular formula is C12H14IN5. The maximum Gasteiger partial charge on any atom is 0.145 e. The molecule has 18 heavy (non-hydrogen) atoms. The van der Waals surface area contributed by atoms with Gasteiger partial charge in [0.25, 0.3) is 0 Å². The first-order valence-corrected chi connectivity index (χ1v) is 6.67. The van der Waals surface area contributed by atoms with Crippen LogP contribution in [0.3, 0.4) is 0 Å². The first-order valence-electron chi connectivity index (χ1n) is 5.59. The molecule has 6 heteroatoms. The van der Waals surface area contributed by atoms with Crippen LogP contribution in [0.5, 0.6) is 0 Å². The van der Waals surface area contributed by atoms with Crippen molar-refractivity contribution in [3.8, 4) is 0 Å². The molecule has 0 aliphatic carbocycles. The van der Waals surface area contributed by atoms with Gasteiger partial charge in [0.15, 0.2) is 0 Å². The molecule has 1 aromatic carbocycles. The molecule has 0 amide bonds. The third-order valence-corrected chi connectivity index (χ3v) is 3.31. The fourth-order valence-electron chi connectivity index (χ4n) is 1.49. The lowest BCUT2D eigenvalue weighted by molar-refractivity contribution is 0.941. The average molecular weight is 355 g/mol. The highest BCUT2D eigenvalue weighted by atomic mass is 127. The second kappa shape index (κ2) is 5.96. The van der Waals surface area contributed by atoms with Crippen LogP contribution in [0.2, 0.25) is 0 Å². The number of nitrogen functional groups attached to an aromatic ring is 1. The molecule has 0 aliphatic rings. The minimum Gasteiger partial charge on any atom is -0.339 e. The lowest BCUT2D eigenvalue weighted by Gasteiger charge is -2.10. The molecule has 0 saturated carbocycles. The van der Waals surface area contributed by atoms with Crippen LogP contribution in [0.1, 0.15) is 12.7 Å². The molecule has 2 rings (SSSR count). The molecule has 0 radical (unpaired) electrons. The summed E-state index contributed by atoms with van der Waals surface area (Å²) in [5.41, 5.74) is 3.57. The predicted molar refractivity (Wildman–Crippen MR) is 81.7 cm³/mol. The summed E-state index contributed by atoms with van der Waals surface area (Å²) in [4.78, 5) is 8.66. The second-order valence-corrected chi connectivity index (χ2v) is 4.82. The maximum atomic E-state index is 5.40. The SMILES string of the molecule is CCc1nc(NN)cc(Nc2ccccc2I)n1. The molecule has 0 saturated heterocycles. The number of nitrogens with one attached hydrogen (secondary N) is 2. The van der Waals surface area contributed by atoms with Crippen molar-refractivity contribution in [2.75, 3.05) is 10.7 Å². The summed E-state index contributed by atoms with van der Waals surface area (Å²) in [6.07, 6.45) is 0.760. The zero-order valence-electron chi connectivity index (χ0n) is 9.94. The Morgan fingerprint density at radius 2 is 1.94 bits per heavy atom. The van der Waals surface area contributed by atoms with E-state index in [0.717, 1.165) is 27.3 Å². The molecule has 2 aromatic rings. The molecule has 0 aliphatic heterocycles. The number of aryl methyl sites for hydroxylation is 1. The number of aromatic nitrogens is 2. The number of halogens is 1. The molecule has 4 N–H and O–H groups in total. The molecule has 1 aromatic heterocycles. The zero-order valence-corrected chi connectivity index (χ0v) is 12.1. The van der Waals surface area contributed by atoms with E-state index in [1.54, 1.807) is 6.07 Å². The lowest BCUT2D eigenvalue weighted by Crippen LogP contribution is -2.11. The van der Waals surface area contributed by atoms with E-state index in [0.29, 0.717) is 5.82 Å². The van der Waals surface area contributed by atoms with E-state index in [1.807, 2.05) is 31.2 Å². The Kier molecular flexibility index (Phi) is 4.32. The number of anilines is 3. The Hall–Kier alpha value is -1.41. The third kappa shape index (κ3) is 3.08. The van der Waals surface area contributed by atoms with Crippen LogP contribution in [0, 0.1) is 3.57 Å². The van der Waals surface area contributed by atoms with E-state index in [9.17, 15) is 0 Å². The summed E-state index contributed by atoms with van der Waals surface area (Å²) < 4.78 is 1.13. The van der Waals surface area contributed by atoms with E-state index in [2.05, 4.69) is 43.3 Å². The number of para-hydroxylation sites is 1. The van der Waals surface area contributed by atoms with Gasteiger partial charge in [-0.15, -0.1) is 0 Å². The van der Waals surface area contributed by atoms with Crippen LogP contribution in [0.4, 0.5) is 17.3 Å². The van der Waals surface area contributed by atoms with Crippen LogP contribution in [-0.2, 0) is 6.42 Å². The van der Waals surface area contributed by atoms with Gasteiger partial charge in [-0.25, -0.2) is 15.8 Å². The smallest absolute Gasteiger partial charge is 0.145 e. The number of hydrazine groups is 1. The number of hydrogen-bond donors (Lipinski definition) is 3. The van der Waals surface area contributed by atoms with Crippen LogP contribution in [-0.4, -0.2) is 9.97 Å². The Labute approximate surface area is 119 Å². The van der Waals surface area contributed by atoms with Crippen LogP contribution >= 0.6 is 22.6 Å². The van der Waals surface area contributed by atoms with Gasteiger partial charge in [0.1, 0.15) is 17.5 Å². The predicted octanol–water partition coefficient (Wildman–Crippen LogP) is 2.67. The topological polar surface area (TPSA) is 75.9 Å². The van der Waals surface area contributed by atoms with Gasteiger partial charge in [-0.3, -0.25) is 0 Å². The average Bonchev–Trinajstić information content (AvgIpc) is 2.41. The fraction of sp³-hybridized carbons (Fsp3) is 0.167. The Morgan fingerprint density at radius 1 is 1.22 bits per heavy atom. The number of nitrogens with zero attached hydrogens (tertiary/aromatic N) is 2. The van der Waals surface area contributed by atoms with E-state index in [1.165, 1.54) is 0 Å². The van der Waals surface area contributed by atoms with Gasteiger partial charge in [-0.05, 0) is 34.7 Å². The number of hydrogen-bond acceptors (Lipinski definition) is 5. The second-order valence-electron chi connectivity index (χ2n) is 3.66. The number of nitrogens with two attached hydrogens (primary N) is 1. The van der Waals surface area contributed by atoms with Crippen molar-refractivity contribution in [3.63, 3.8) is 0 Å². The third-order valence-electron chi connectivity index (χ3n) is 2.37. The zero-order chi connectivity index (χ0) is 13.0. The summed E-state index contributed by atoms with van der Waals surface area (Å²) >= 11 is 2.28. The van der Waals surface area contributed by atoms with Gasteiger partial charge < -0.3 is 10.7 Å². The standard InChI is InChI=1S/C12H14IN5/c1-2-10-16-11(7-12(17-10)18-14)15-9-6-4-3-5-8(9)13/h3-7H,2,14H2,1H3,(H2,15,16,17,18). The van der Waals surface area contributed by atoms with Gasteiger partial charge >= 0.3 is 0 Å². The van der Waals surface area contributed by atoms with Crippen LogP contribution in [0.25, 0.3) is 0 Å². The molecule has 94 valence electrons. The van der Waals surface area contributed by atoms with Gasteiger partial charge in [0, 0.05) is 16.1 Å². The van der Waals surface area contributed by atoms with Gasteiger partial charge in [-0.2, -0.15) is 0 Å². The minimum atomic E-state index is 0.607. The molecule has 5 nitrogen and oxygen atoms in total.